The van der Waals surface area contributed by atoms with Gasteiger partial charge in [-0.1, -0.05) is 13.8 Å². The molecule has 0 heterocycles. The van der Waals surface area contributed by atoms with Crippen molar-refractivity contribution in [1.29, 1.82) is 0 Å². The van der Waals surface area contributed by atoms with Crippen LogP contribution < -0.4 is 11.1 Å². The maximum atomic E-state index is 12.8. The molecular formula is C15H21F3N2O3S. The van der Waals surface area contributed by atoms with E-state index < -0.39 is 27.5 Å². The minimum atomic E-state index is -4.56. The molecule has 0 unspecified atom stereocenters. The number of amides is 1. The van der Waals surface area contributed by atoms with Gasteiger partial charge in [-0.2, -0.15) is 13.2 Å². The van der Waals surface area contributed by atoms with E-state index in [0.29, 0.717) is 0 Å². The summed E-state index contributed by atoms with van der Waals surface area (Å²) >= 11 is 0. The second-order valence-electron chi connectivity index (χ2n) is 5.93. The van der Waals surface area contributed by atoms with Crippen LogP contribution in [0.25, 0.3) is 0 Å². The molecule has 1 aromatic carbocycles. The topological polar surface area (TPSA) is 89.3 Å². The van der Waals surface area contributed by atoms with Crippen molar-refractivity contribution in [3.63, 3.8) is 0 Å². The maximum absolute atomic E-state index is 12.8. The molecule has 0 saturated heterocycles. The van der Waals surface area contributed by atoms with Gasteiger partial charge in [-0.05, 0) is 29.7 Å². The van der Waals surface area contributed by atoms with Gasteiger partial charge in [0.2, 0.25) is 5.91 Å². The predicted molar refractivity (Wildman–Crippen MR) is 86.1 cm³/mol. The summed E-state index contributed by atoms with van der Waals surface area (Å²) in [6, 6.07) is 3.03. The van der Waals surface area contributed by atoms with Crippen LogP contribution in [0.2, 0.25) is 0 Å². The van der Waals surface area contributed by atoms with Gasteiger partial charge < -0.3 is 11.1 Å². The van der Waals surface area contributed by atoms with Gasteiger partial charge in [0.1, 0.15) is 0 Å². The molecule has 1 aromatic rings. The second kappa shape index (κ2) is 7.98. The third-order valence-corrected chi connectivity index (χ3v) is 5.07. The first-order chi connectivity index (χ1) is 10.9. The van der Waals surface area contributed by atoms with E-state index in [1.807, 2.05) is 0 Å². The lowest BCUT2D eigenvalue weighted by atomic mass is 10.1. The number of rotatable bonds is 7. The normalized spacial score (nSPS) is 12.5. The van der Waals surface area contributed by atoms with E-state index in [0.717, 1.165) is 12.1 Å². The highest BCUT2D eigenvalue weighted by atomic mass is 32.2. The lowest BCUT2D eigenvalue weighted by molar-refractivity contribution is -0.137. The number of sulfone groups is 1. The molecule has 0 aliphatic carbocycles. The van der Waals surface area contributed by atoms with Crippen LogP contribution in [0, 0.1) is 5.92 Å². The number of anilines is 1. The Kier molecular flexibility index (Phi) is 6.79. The van der Waals surface area contributed by atoms with E-state index >= 15 is 0 Å². The highest BCUT2D eigenvalue weighted by Crippen LogP contribution is 2.32. The lowest BCUT2D eigenvalue weighted by Crippen LogP contribution is -2.21. The zero-order chi connectivity index (χ0) is 18.5. The summed E-state index contributed by atoms with van der Waals surface area (Å²) in [5.74, 6) is -1.11. The average molecular weight is 366 g/mol. The number of halogens is 3. The molecule has 0 atom stereocenters. The van der Waals surface area contributed by atoms with Crippen LogP contribution in [0.4, 0.5) is 18.9 Å². The van der Waals surface area contributed by atoms with E-state index in [9.17, 15) is 26.4 Å². The number of nitrogens with two attached hydrogens (primary N) is 1. The molecule has 1 amide bonds. The molecule has 136 valence electrons. The standard InChI is InChI=1S/C15H21F3N2O3S/c1-10(2)9-24(22,23)4-3-14(21)20-13-6-11(8-19)5-12(7-13)15(16,17)18/h5-7,10H,3-4,8-9,19H2,1-2H3,(H,20,21). The summed E-state index contributed by atoms with van der Waals surface area (Å²) in [6.07, 6.45) is -4.88. The Morgan fingerprint density at radius 3 is 2.38 bits per heavy atom. The van der Waals surface area contributed by atoms with Crippen LogP contribution in [0.5, 0.6) is 0 Å². The maximum Gasteiger partial charge on any atom is 0.416 e. The first-order valence-electron chi connectivity index (χ1n) is 7.34. The van der Waals surface area contributed by atoms with Gasteiger partial charge in [0.15, 0.2) is 9.84 Å². The molecule has 3 N–H and O–H groups in total. The third-order valence-electron chi connectivity index (χ3n) is 3.07. The molecule has 24 heavy (non-hydrogen) atoms. The fourth-order valence-corrected chi connectivity index (χ4v) is 3.79. The molecule has 9 heteroatoms. The molecule has 0 radical (unpaired) electrons. The van der Waals surface area contributed by atoms with Crippen molar-refractivity contribution in [2.75, 3.05) is 16.8 Å². The third kappa shape index (κ3) is 6.88. The van der Waals surface area contributed by atoms with Gasteiger partial charge in [0.25, 0.3) is 0 Å². The number of carbonyl (C=O) groups excluding carboxylic acids is 1. The summed E-state index contributed by atoms with van der Waals surface area (Å²) in [5, 5.41) is 2.30. The van der Waals surface area contributed by atoms with Crippen LogP contribution in [0.15, 0.2) is 18.2 Å². The van der Waals surface area contributed by atoms with Gasteiger partial charge in [0, 0.05) is 18.7 Å². The Hall–Kier alpha value is -1.61. The van der Waals surface area contributed by atoms with Crippen LogP contribution in [-0.2, 0) is 27.4 Å². The molecule has 0 aliphatic rings. The molecular weight excluding hydrogens is 345 g/mol. The molecule has 0 aromatic heterocycles. The Balaban J connectivity index is 2.80. The van der Waals surface area contributed by atoms with Gasteiger partial charge in [0.05, 0.1) is 17.1 Å². The van der Waals surface area contributed by atoms with Gasteiger partial charge >= 0.3 is 6.18 Å². The number of nitrogens with one attached hydrogen (secondary N) is 1. The van der Waals surface area contributed by atoms with Crippen molar-refractivity contribution in [3.8, 4) is 0 Å². The van der Waals surface area contributed by atoms with Gasteiger partial charge in [-0.3, -0.25) is 4.79 Å². The number of carbonyl (C=O) groups is 1. The molecule has 0 spiro atoms. The number of alkyl halides is 3. The largest absolute Gasteiger partial charge is 0.416 e. The van der Waals surface area contributed by atoms with Crippen molar-refractivity contribution in [2.24, 2.45) is 11.7 Å². The number of benzene rings is 1. The fraction of sp³-hybridized carbons (Fsp3) is 0.533. The van der Waals surface area contributed by atoms with Crippen molar-refractivity contribution < 1.29 is 26.4 Å². The van der Waals surface area contributed by atoms with Crippen LogP contribution >= 0.6 is 0 Å². The predicted octanol–water partition coefficient (Wildman–Crippen LogP) is 2.56. The Labute approximate surface area is 139 Å². The highest BCUT2D eigenvalue weighted by Gasteiger charge is 2.31. The Morgan fingerprint density at radius 1 is 1.25 bits per heavy atom. The minimum absolute atomic E-state index is 0.0405. The Bertz CT molecular complexity index is 686. The van der Waals surface area contributed by atoms with E-state index in [1.165, 1.54) is 6.07 Å². The summed E-state index contributed by atoms with van der Waals surface area (Å²) in [5.41, 5.74) is 4.60. The van der Waals surface area contributed by atoms with E-state index in [4.69, 9.17) is 5.73 Å². The average Bonchev–Trinajstić information content (AvgIpc) is 2.42. The number of hydrogen-bond donors (Lipinski definition) is 2. The van der Waals surface area contributed by atoms with Crippen molar-refractivity contribution in [1.82, 2.24) is 0 Å². The van der Waals surface area contributed by atoms with Crippen LogP contribution in [-0.4, -0.2) is 25.8 Å². The van der Waals surface area contributed by atoms with Crippen LogP contribution in [0.3, 0.4) is 0 Å². The summed E-state index contributed by atoms with van der Waals surface area (Å²) in [4.78, 5) is 11.8. The molecule has 5 nitrogen and oxygen atoms in total. The van der Waals surface area contributed by atoms with Crippen molar-refractivity contribution >= 4 is 21.4 Å². The van der Waals surface area contributed by atoms with Gasteiger partial charge in [-0.25, -0.2) is 8.42 Å². The summed E-state index contributed by atoms with van der Waals surface area (Å²) in [7, 11) is -3.37. The van der Waals surface area contributed by atoms with E-state index in [-0.39, 0.29) is 41.6 Å². The molecule has 0 fully saturated rings. The lowest BCUT2D eigenvalue weighted by Gasteiger charge is -2.13. The van der Waals surface area contributed by atoms with Crippen LogP contribution in [0.1, 0.15) is 31.4 Å². The molecule has 0 bridgehead atoms. The van der Waals surface area contributed by atoms with Crippen molar-refractivity contribution in [2.45, 2.75) is 33.0 Å². The zero-order valence-electron chi connectivity index (χ0n) is 13.5. The number of hydrogen-bond acceptors (Lipinski definition) is 4. The smallest absolute Gasteiger partial charge is 0.326 e. The SMILES string of the molecule is CC(C)CS(=O)(=O)CCC(=O)Nc1cc(CN)cc(C(F)(F)F)c1. The van der Waals surface area contributed by atoms with E-state index in [1.54, 1.807) is 13.8 Å². The molecule has 0 saturated carbocycles. The minimum Gasteiger partial charge on any atom is -0.326 e. The first kappa shape index (κ1) is 20.4. The van der Waals surface area contributed by atoms with Gasteiger partial charge in [-0.15, -0.1) is 0 Å². The quantitative estimate of drug-likeness (QED) is 0.776. The van der Waals surface area contributed by atoms with Crippen molar-refractivity contribution in [3.05, 3.63) is 29.3 Å². The second-order valence-corrected chi connectivity index (χ2v) is 8.16. The first-order valence-corrected chi connectivity index (χ1v) is 9.16. The zero-order valence-corrected chi connectivity index (χ0v) is 14.3. The summed E-state index contributed by atoms with van der Waals surface area (Å²) < 4.78 is 61.9. The highest BCUT2D eigenvalue weighted by molar-refractivity contribution is 7.91. The van der Waals surface area contributed by atoms with E-state index in [2.05, 4.69) is 5.32 Å². The fourth-order valence-electron chi connectivity index (χ4n) is 2.11. The monoisotopic (exact) mass is 366 g/mol. The molecule has 0 aliphatic heterocycles. The Morgan fingerprint density at radius 2 is 1.88 bits per heavy atom. The molecule has 1 rings (SSSR count). The summed E-state index contributed by atoms with van der Waals surface area (Å²) in [6.45, 7) is 3.37.